The normalized spacial score (nSPS) is 19.9. The molecule has 0 spiro atoms. The second-order valence-electron chi connectivity index (χ2n) is 7.10. The molecule has 1 saturated heterocycles. The Hall–Kier alpha value is -1.59. The average molecular weight is 368 g/mol. The topological polar surface area (TPSA) is 61.4 Å². The maximum absolute atomic E-state index is 12.4. The first kappa shape index (κ1) is 21.5. The van der Waals surface area contributed by atoms with Crippen molar-refractivity contribution >= 4 is 24.2 Å². The Morgan fingerprint density at radius 1 is 1.28 bits per heavy atom. The van der Waals surface area contributed by atoms with Crippen molar-refractivity contribution in [3.8, 4) is 0 Å². The third-order valence-corrected chi connectivity index (χ3v) is 4.65. The van der Waals surface area contributed by atoms with Crippen LogP contribution in [0.5, 0.6) is 0 Å². The van der Waals surface area contributed by atoms with Gasteiger partial charge in [0.05, 0.1) is 0 Å². The van der Waals surface area contributed by atoms with Crippen LogP contribution in [0.1, 0.15) is 43.1 Å². The number of hydrogen-bond donors (Lipinski definition) is 2. The highest BCUT2D eigenvalue weighted by Gasteiger charge is 2.23. The van der Waals surface area contributed by atoms with Crippen LogP contribution in [-0.2, 0) is 11.3 Å². The van der Waals surface area contributed by atoms with Crippen LogP contribution in [0, 0.1) is 11.8 Å². The molecule has 0 saturated carbocycles. The molecule has 1 heterocycles. The van der Waals surface area contributed by atoms with Gasteiger partial charge >= 0.3 is 0 Å². The lowest BCUT2D eigenvalue weighted by atomic mass is 9.94. The Morgan fingerprint density at radius 2 is 1.92 bits per heavy atom. The fraction of sp³-hybridized carbons (Fsp3) is 0.579. The molecule has 1 aromatic rings. The Labute approximate surface area is 157 Å². The van der Waals surface area contributed by atoms with Gasteiger partial charge in [0.2, 0.25) is 5.91 Å². The summed E-state index contributed by atoms with van der Waals surface area (Å²) in [6.45, 7) is 8.37. The summed E-state index contributed by atoms with van der Waals surface area (Å²) in [5.74, 6) is 0.570. The number of benzene rings is 1. The van der Waals surface area contributed by atoms with E-state index >= 15 is 0 Å². The van der Waals surface area contributed by atoms with Gasteiger partial charge < -0.3 is 15.5 Å². The Morgan fingerprint density at radius 3 is 2.48 bits per heavy atom. The van der Waals surface area contributed by atoms with Crippen LogP contribution in [0.25, 0.3) is 0 Å². The van der Waals surface area contributed by atoms with Gasteiger partial charge in [0.25, 0.3) is 5.91 Å². The minimum Gasteiger partial charge on any atom is -0.348 e. The lowest BCUT2D eigenvalue weighted by Gasteiger charge is -2.30. The Balaban J connectivity index is 0.00000312. The molecule has 1 aliphatic rings. The molecule has 0 bridgehead atoms. The van der Waals surface area contributed by atoms with Gasteiger partial charge in [-0.3, -0.25) is 9.59 Å². The van der Waals surface area contributed by atoms with Crippen molar-refractivity contribution in [1.29, 1.82) is 0 Å². The fourth-order valence-electron chi connectivity index (χ4n) is 2.99. The summed E-state index contributed by atoms with van der Waals surface area (Å²) in [6, 6.07) is 7.68. The van der Waals surface area contributed by atoms with Crippen LogP contribution in [0.15, 0.2) is 24.3 Å². The summed E-state index contributed by atoms with van der Waals surface area (Å²) in [7, 11) is 1.81. The number of amides is 2. The van der Waals surface area contributed by atoms with Gasteiger partial charge in [-0.15, -0.1) is 12.4 Å². The molecule has 2 atom stereocenters. The van der Waals surface area contributed by atoms with Gasteiger partial charge in [0.15, 0.2) is 0 Å². The second kappa shape index (κ2) is 9.78. The van der Waals surface area contributed by atoms with E-state index < -0.39 is 0 Å². The van der Waals surface area contributed by atoms with Crippen molar-refractivity contribution in [2.45, 2.75) is 39.8 Å². The van der Waals surface area contributed by atoms with E-state index in [4.69, 9.17) is 0 Å². The number of halogens is 1. The maximum atomic E-state index is 12.4. The van der Waals surface area contributed by atoms with Crippen LogP contribution >= 0.6 is 12.4 Å². The zero-order chi connectivity index (χ0) is 17.7. The molecular weight excluding hydrogens is 338 g/mol. The van der Waals surface area contributed by atoms with E-state index in [0.29, 0.717) is 18.0 Å². The molecule has 0 aromatic heterocycles. The van der Waals surface area contributed by atoms with E-state index in [2.05, 4.69) is 17.6 Å². The molecular formula is C19H30ClN3O2. The molecule has 0 radical (unpaired) electrons. The standard InChI is InChI=1S/C19H29N3O2.ClH/c1-13(2)19(24)22(4)12-15-5-7-16(8-6-15)18(23)21-17-11-20-10-9-14(17)3;/h5-8,13-14,17,20H,9-12H2,1-4H3,(H,21,23);1H. The molecule has 1 fully saturated rings. The molecule has 2 amide bonds. The third-order valence-electron chi connectivity index (χ3n) is 4.65. The van der Waals surface area contributed by atoms with Crippen molar-refractivity contribution in [2.24, 2.45) is 11.8 Å². The summed E-state index contributed by atoms with van der Waals surface area (Å²) in [5.41, 5.74) is 1.69. The molecule has 2 unspecified atom stereocenters. The van der Waals surface area contributed by atoms with Crippen molar-refractivity contribution in [3.63, 3.8) is 0 Å². The number of piperidine rings is 1. The van der Waals surface area contributed by atoms with Crippen molar-refractivity contribution in [1.82, 2.24) is 15.5 Å². The minimum atomic E-state index is -0.0336. The summed E-state index contributed by atoms with van der Waals surface area (Å²) >= 11 is 0. The zero-order valence-corrected chi connectivity index (χ0v) is 16.4. The number of rotatable bonds is 5. The monoisotopic (exact) mass is 367 g/mol. The summed E-state index contributed by atoms with van der Waals surface area (Å²) in [6.07, 6.45) is 1.08. The largest absolute Gasteiger partial charge is 0.348 e. The number of carbonyl (C=O) groups excluding carboxylic acids is 2. The number of carbonyl (C=O) groups is 2. The molecule has 6 heteroatoms. The molecule has 1 aromatic carbocycles. The first-order chi connectivity index (χ1) is 11.4. The molecule has 0 aliphatic carbocycles. The van der Waals surface area contributed by atoms with E-state index in [1.54, 1.807) is 11.9 Å². The highest BCUT2D eigenvalue weighted by atomic mass is 35.5. The van der Waals surface area contributed by atoms with E-state index in [0.717, 1.165) is 25.1 Å². The van der Waals surface area contributed by atoms with Crippen LogP contribution in [0.4, 0.5) is 0 Å². The minimum absolute atomic E-state index is 0. The maximum Gasteiger partial charge on any atom is 0.251 e. The predicted molar refractivity (Wildman–Crippen MR) is 103 cm³/mol. The summed E-state index contributed by atoms with van der Waals surface area (Å²) < 4.78 is 0. The Kier molecular flexibility index (Phi) is 8.39. The van der Waals surface area contributed by atoms with Crippen molar-refractivity contribution < 1.29 is 9.59 Å². The van der Waals surface area contributed by atoms with Crippen LogP contribution in [0.2, 0.25) is 0 Å². The SMILES string of the molecule is CC(C)C(=O)N(C)Cc1ccc(C(=O)NC2CNCCC2C)cc1.Cl. The average Bonchev–Trinajstić information content (AvgIpc) is 2.56. The molecule has 140 valence electrons. The van der Waals surface area contributed by atoms with Gasteiger partial charge in [0, 0.05) is 37.7 Å². The van der Waals surface area contributed by atoms with E-state index in [1.807, 2.05) is 38.1 Å². The Bertz CT molecular complexity index is 575. The molecule has 5 nitrogen and oxygen atoms in total. The summed E-state index contributed by atoms with van der Waals surface area (Å²) in [5, 5.41) is 6.43. The third kappa shape index (κ3) is 6.01. The zero-order valence-electron chi connectivity index (χ0n) is 15.5. The van der Waals surface area contributed by atoms with E-state index in [1.165, 1.54) is 0 Å². The van der Waals surface area contributed by atoms with Gasteiger partial charge in [0.1, 0.15) is 0 Å². The molecule has 2 N–H and O–H groups in total. The smallest absolute Gasteiger partial charge is 0.251 e. The number of hydrogen-bond acceptors (Lipinski definition) is 3. The van der Waals surface area contributed by atoms with Gasteiger partial charge in [-0.25, -0.2) is 0 Å². The highest BCUT2D eigenvalue weighted by Crippen LogP contribution is 2.13. The lowest BCUT2D eigenvalue weighted by molar-refractivity contribution is -0.133. The second-order valence-corrected chi connectivity index (χ2v) is 7.10. The predicted octanol–water partition coefficient (Wildman–Crippen LogP) is 2.45. The van der Waals surface area contributed by atoms with E-state index in [9.17, 15) is 9.59 Å². The number of nitrogens with zero attached hydrogens (tertiary/aromatic N) is 1. The quantitative estimate of drug-likeness (QED) is 0.840. The van der Waals surface area contributed by atoms with E-state index in [-0.39, 0.29) is 36.2 Å². The van der Waals surface area contributed by atoms with Crippen LogP contribution < -0.4 is 10.6 Å². The first-order valence-corrected chi connectivity index (χ1v) is 8.74. The van der Waals surface area contributed by atoms with Gasteiger partial charge in [-0.2, -0.15) is 0 Å². The van der Waals surface area contributed by atoms with Gasteiger partial charge in [-0.1, -0.05) is 32.9 Å². The molecule has 2 rings (SSSR count). The number of nitrogens with one attached hydrogen (secondary N) is 2. The van der Waals surface area contributed by atoms with Crippen molar-refractivity contribution in [3.05, 3.63) is 35.4 Å². The first-order valence-electron chi connectivity index (χ1n) is 8.74. The molecule has 25 heavy (non-hydrogen) atoms. The van der Waals surface area contributed by atoms with Gasteiger partial charge in [-0.05, 0) is 36.6 Å². The van der Waals surface area contributed by atoms with Crippen LogP contribution in [0.3, 0.4) is 0 Å². The fourth-order valence-corrected chi connectivity index (χ4v) is 2.99. The van der Waals surface area contributed by atoms with Crippen molar-refractivity contribution in [2.75, 3.05) is 20.1 Å². The van der Waals surface area contributed by atoms with Crippen LogP contribution in [-0.4, -0.2) is 42.9 Å². The highest BCUT2D eigenvalue weighted by molar-refractivity contribution is 5.94. The molecule has 1 aliphatic heterocycles. The lowest BCUT2D eigenvalue weighted by Crippen LogP contribution is -2.50. The summed E-state index contributed by atoms with van der Waals surface area (Å²) in [4.78, 5) is 26.0.